The van der Waals surface area contributed by atoms with Gasteiger partial charge in [-0.25, -0.2) is 0 Å². The fourth-order valence-electron chi connectivity index (χ4n) is 1.91. The highest BCUT2D eigenvalue weighted by Gasteiger charge is 2.13. The molecule has 0 heterocycles. The van der Waals surface area contributed by atoms with Crippen LogP contribution in [0.1, 0.15) is 45.6 Å². The Morgan fingerprint density at radius 3 is 2.21 bits per heavy atom. The molecule has 0 radical (unpaired) electrons. The summed E-state index contributed by atoms with van der Waals surface area (Å²) in [6.07, 6.45) is 0.806. The molecule has 3 nitrogen and oxygen atoms in total. The van der Waals surface area contributed by atoms with Gasteiger partial charge in [-0.3, -0.25) is 0 Å². The van der Waals surface area contributed by atoms with E-state index in [1.165, 1.54) is 5.56 Å². The molecule has 0 saturated heterocycles. The van der Waals surface area contributed by atoms with Crippen LogP contribution in [0, 0.1) is 0 Å². The lowest BCUT2D eigenvalue weighted by Crippen LogP contribution is -2.25. The second kappa shape index (κ2) is 8.94. The first-order valence-electron chi connectivity index (χ1n) is 7.17. The fraction of sp³-hybridized carbons (Fsp3) is 0.625. The average Bonchev–Trinajstić information content (AvgIpc) is 2.44. The predicted octanol–water partition coefficient (Wildman–Crippen LogP) is 3.98. The summed E-state index contributed by atoms with van der Waals surface area (Å²) in [4.78, 5) is 0. The van der Waals surface area contributed by atoms with E-state index in [0.717, 1.165) is 12.2 Å². The lowest BCUT2D eigenvalue weighted by Gasteiger charge is -2.20. The molecule has 0 saturated carbocycles. The van der Waals surface area contributed by atoms with Gasteiger partial charge in [0.1, 0.15) is 12.4 Å². The quantitative estimate of drug-likeness (QED) is 0.633. The molecule has 0 bridgehead atoms. The van der Waals surface area contributed by atoms with Crippen molar-refractivity contribution in [1.29, 1.82) is 0 Å². The summed E-state index contributed by atoms with van der Waals surface area (Å²) in [6, 6.07) is 8.19. The lowest BCUT2D eigenvalue weighted by molar-refractivity contribution is -0.152. The van der Waals surface area contributed by atoms with E-state index in [9.17, 15) is 0 Å². The highest BCUT2D eigenvalue weighted by Crippen LogP contribution is 2.28. The Kier molecular flexibility index (Phi) is 7.53. The van der Waals surface area contributed by atoms with Crippen LogP contribution in [0.3, 0.4) is 0 Å². The largest absolute Gasteiger partial charge is 0.488 e. The van der Waals surface area contributed by atoms with Gasteiger partial charge in [-0.2, -0.15) is 0 Å². The van der Waals surface area contributed by atoms with E-state index in [-0.39, 0.29) is 6.29 Å². The van der Waals surface area contributed by atoms with Crippen molar-refractivity contribution < 1.29 is 14.2 Å². The van der Waals surface area contributed by atoms with Gasteiger partial charge in [-0.15, -0.1) is 0 Å². The monoisotopic (exact) mass is 266 g/mol. The second-order valence-corrected chi connectivity index (χ2v) is 4.50. The Bertz CT molecular complexity index is 346. The normalized spacial score (nSPS) is 12.7. The van der Waals surface area contributed by atoms with Crippen LogP contribution in [0.4, 0.5) is 0 Å². The molecular formula is C16H26O3. The third-order valence-corrected chi connectivity index (χ3v) is 3.14. The second-order valence-electron chi connectivity index (χ2n) is 4.50. The molecule has 19 heavy (non-hydrogen) atoms. The first-order valence-corrected chi connectivity index (χ1v) is 7.17. The highest BCUT2D eigenvalue weighted by molar-refractivity contribution is 5.35. The summed E-state index contributed by atoms with van der Waals surface area (Å²) in [5.74, 6) is 1.43. The minimum Gasteiger partial charge on any atom is -0.488 e. The van der Waals surface area contributed by atoms with E-state index in [1.54, 1.807) is 0 Å². The van der Waals surface area contributed by atoms with Crippen LogP contribution in [0.15, 0.2) is 24.3 Å². The van der Waals surface area contributed by atoms with Crippen LogP contribution in [-0.4, -0.2) is 26.1 Å². The number of ether oxygens (including phenoxy) is 3. The van der Waals surface area contributed by atoms with Gasteiger partial charge in [0.2, 0.25) is 0 Å². The number of para-hydroxylation sites is 1. The smallest absolute Gasteiger partial charge is 0.191 e. The topological polar surface area (TPSA) is 27.7 Å². The molecule has 3 heteroatoms. The average molecular weight is 266 g/mol. The Morgan fingerprint density at radius 2 is 1.63 bits per heavy atom. The molecule has 1 aromatic carbocycles. The summed E-state index contributed by atoms with van der Waals surface area (Å²) < 4.78 is 16.8. The van der Waals surface area contributed by atoms with Crippen molar-refractivity contribution in [1.82, 2.24) is 0 Å². The maximum absolute atomic E-state index is 5.88. The molecule has 0 aliphatic carbocycles. The molecule has 1 rings (SSSR count). The van der Waals surface area contributed by atoms with Crippen molar-refractivity contribution in [3.63, 3.8) is 0 Å². The van der Waals surface area contributed by atoms with Crippen LogP contribution >= 0.6 is 0 Å². The summed E-state index contributed by atoms with van der Waals surface area (Å²) in [5, 5.41) is 0. The van der Waals surface area contributed by atoms with Gasteiger partial charge >= 0.3 is 0 Å². The third kappa shape index (κ3) is 5.21. The zero-order valence-electron chi connectivity index (χ0n) is 12.5. The van der Waals surface area contributed by atoms with Crippen LogP contribution in [0.2, 0.25) is 0 Å². The first-order chi connectivity index (χ1) is 9.22. The van der Waals surface area contributed by atoms with Crippen LogP contribution in [-0.2, 0) is 9.47 Å². The van der Waals surface area contributed by atoms with Crippen molar-refractivity contribution in [3.05, 3.63) is 29.8 Å². The summed E-state index contributed by atoms with van der Waals surface area (Å²) >= 11 is 0. The Balaban J connectivity index is 2.65. The Morgan fingerprint density at radius 1 is 1.00 bits per heavy atom. The minimum atomic E-state index is -0.292. The molecule has 0 aliphatic heterocycles. The SMILES string of the molecule is CCOC(COc1ccccc1C(C)CC)OCC. The van der Waals surface area contributed by atoms with Crippen molar-refractivity contribution in [2.24, 2.45) is 0 Å². The molecule has 0 N–H and O–H groups in total. The Labute approximate surface area is 116 Å². The molecular weight excluding hydrogens is 240 g/mol. The van der Waals surface area contributed by atoms with Gasteiger partial charge in [0.05, 0.1) is 0 Å². The first kappa shape index (κ1) is 16.0. The number of rotatable bonds is 9. The number of hydrogen-bond donors (Lipinski definition) is 0. The van der Waals surface area contributed by atoms with E-state index in [1.807, 2.05) is 26.0 Å². The molecule has 0 amide bonds. The molecule has 0 fully saturated rings. The van der Waals surface area contributed by atoms with E-state index in [0.29, 0.717) is 25.7 Å². The van der Waals surface area contributed by atoms with Gasteiger partial charge in [0, 0.05) is 13.2 Å². The van der Waals surface area contributed by atoms with Crippen molar-refractivity contribution in [2.45, 2.75) is 46.3 Å². The molecule has 1 aromatic rings. The summed E-state index contributed by atoms with van der Waals surface area (Å²) in [6.45, 7) is 9.99. The maximum atomic E-state index is 5.88. The third-order valence-electron chi connectivity index (χ3n) is 3.14. The highest BCUT2D eigenvalue weighted by atomic mass is 16.7. The Hall–Kier alpha value is -1.06. The van der Waals surface area contributed by atoms with E-state index >= 15 is 0 Å². The molecule has 108 valence electrons. The van der Waals surface area contributed by atoms with Crippen LogP contribution in [0.5, 0.6) is 5.75 Å². The maximum Gasteiger partial charge on any atom is 0.191 e. The zero-order valence-corrected chi connectivity index (χ0v) is 12.5. The van der Waals surface area contributed by atoms with Gasteiger partial charge in [-0.1, -0.05) is 32.0 Å². The minimum absolute atomic E-state index is 0.292. The summed E-state index contributed by atoms with van der Waals surface area (Å²) in [5.41, 5.74) is 1.25. The van der Waals surface area contributed by atoms with E-state index in [2.05, 4.69) is 26.0 Å². The van der Waals surface area contributed by atoms with Gasteiger partial charge in [-0.05, 0) is 37.8 Å². The molecule has 0 aromatic heterocycles. The molecule has 0 spiro atoms. The van der Waals surface area contributed by atoms with Crippen LogP contribution in [0.25, 0.3) is 0 Å². The van der Waals surface area contributed by atoms with E-state index in [4.69, 9.17) is 14.2 Å². The van der Waals surface area contributed by atoms with Crippen LogP contribution < -0.4 is 4.74 Å². The van der Waals surface area contributed by atoms with Crippen molar-refractivity contribution in [2.75, 3.05) is 19.8 Å². The zero-order chi connectivity index (χ0) is 14.1. The molecule has 1 unspecified atom stereocenters. The lowest BCUT2D eigenvalue weighted by atomic mass is 9.98. The fourth-order valence-corrected chi connectivity index (χ4v) is 1.91. The predicted molar refractivity (Wildman–Crippen MR) is 77.7 cm³/mol. The van der Waals surface area contributed by atoms with Gasteiger partial charge in [0.25, 0.3) is 0 Å². The molecule has 0 aliphatic rings. The van der Waals surface area contributed by atoms with E-state index < -0.39 is 0 Å². The standard InChI is InChI=1S/C16H26O3/c1-5-13(4)14-10-8-9-11-15(14)19-12-16(17-6-2)18-7-3/h8-11,13,16H,5-7,12H2,1-4H3. The molecule has 1 atom stereocenters. The number of benzene rings is 1. The number of hydrogen-bond acceptors (Lipinski definition) is 3. The van der Waals surface area contributed by atoms with Gasteiger partial charge in [0.15, 0.2) is 6.29 Å². The van der Waals surface area contributed by atoms with Crippen molar-refractivity contribution in [3.8, 4) is 5.75 Å². The summed E-state index contributed by atoms with van der Waals surface area (Å²) in [7, 11) is 0. The van der Waals surface area contributed by atoms with Gasteiger partial charge < -0.3 is 14.2 Å². The van der Waals surface area contributed by atoms with Crippen molar-refractivity contribution >= 4 is 0 Å².